The van der Waals surface area contributed by atoms with E-state index in [1.165, 1.54) is 23.8 Å². The summed E-state index contributed by atoms with van der Waals surface area (Å²) < 4.78 is 51.3. The second-order valence-corrected chi connectivity index (χ2v) is 8.16. The first-order chi connectivity index (χ1) is 14.8. The smallest absolute Gasteiger partial charge is 0.416 e. The van der Waals surface area contributed by atoms with Crippen molar-refractivity contribution in [2.24, 2.45) is 0 Å². The van der Waals surface area contributed by atoms with Gasteiger partial charge in [0.15, 0.2) is 0 Å². The lowest BCUT2D eigenvalue weighted by molar-refractivity contribution is -0.137. The maximum absolute atomic E-state index is 13.1. The van der Waals surface area contributed by atoms with Gasteiger partial charge in [-0.25, -0.2) is 9.78 Å². The van der Waals surface area contributed by atoms with E-state index in [1.54, 1.807) is 32.9 Å². The van der Waals surface area contributed by atoms with Gasteiger partial charge in [-0.15, -0.1) is 0 Å². The Morgan fingerprint density at radius 3 is 2.53 bits per heavy atom. The summed E-state index contributed by atoms with van der Waals surface area (Å²) in [5, 5.41) is 4.97. The van der Waals surface area contributed by atoms with Crippen molar-refractivity contribution in [3.05, 3.63) is 47.9 Å². The van der Waals surface area contributed by atoms with Crippen molar-refractivity contribution in [1.82, 2.24) is 14.9 Å². The van der Waals surface area contributed by atoms with Crippen LogP contribution in [0.15, 0.2) is 41.0 Å². The van der Waals surface area contributed by atoms with Gasteiger partial charge in [0.2, 0.25) is 11.9 Å². The summed E-state index contributed by atoms with van der Waals surface area (Å²) in [4.78, 5) is 28.7. The molecule has 0 aliphatic heterocycles. The van der Waals surface area contributed by atoms with Gasteiger partial charge in [0.05, 0.1) is 29.4 Å². The summed E-state index contributed by atoms with van der Waals surface area (Å²) in [6, 6.07) is 5.50. The van der Waals surface area contributed by atoms with Crippen LogP contribution in [0.2, 0.25) is 0 Å². The fourth-order valence-electron chi connectivity index (χ4n) is 2.89. The highest BCUT2D eigenvalue weighted by Crippen LogP contribution is 2.32. The molecule has 0 radical (unpaired) electrons. The van der Waals surface area contributed by atoms with Crippen molar-refractivity contribution in [3.8, 4) is 0 Å². The van der Waals surface area contributed by atoms with Crippen molar-refractivity contribution in [3.63, 3.8) is 0 Å². The molecule has 11 heteroatoms. The highest BCUT2D eigenvalue weighted by atomic mass is 19.4. The molecule has 172 valence electrons. The Kier molecular flexibility index (Phi) is 6.20. The molecule has 8 nitrogen and oxygen atoms in total. The van der Waals surface area contributed by atoms with E-state index >= 15 is 0 Å². The SMILES string of the molecule is C[C@@H](NC(=O)OC(C)(C)C)C(=O)Nc1nc2cc(C(F)(F)F)ccc2n1Cc1ccco1. The van der Waals surface area contributed by atoms with Crippen LogP contribution in [0.3, 0.4) is 0 Å². The zero-order valence-corrected chi connectivity index (χ0v) is 17.9. The number of furan rings is 1. The second-order valence-electron chi connectivity index (χ2n) is 8.16. The Bertz CT molecular complexity index is 1110. The summed E-state index contributed by atoms with van der Waals surface area (Å²) in [7, 11) is 0. The molecule has 0 spiro atoms. The van der Waals surface area contributed by atoms with E-state index in [0.717, 1.165) is 12.1 Å². The molecule has 0 fully saturated rings. The van der Waals surface area contributed by atoms with Crippen LogP contribution < -0.4 is 10.6 Å². The Balaban J connectivity index is 1.88. The first-order valence-corrected chi connectivity index (χ1v) is 9.74. The van der Waals surface area contributed by atoms with E-state index in [-0.39, 0.29) is 18.0 Å². The summed E-state index contributed by atoms with van der Waals surface area (Å²) in [5.74, 6) is -0.0962. The van der Waals surface area contributed by atoms with Gasteiger partial charge in [-0.1, -0.05) is 0 Å². The molecule has 1 atom stereocenters. The lowest BCUT2D eigenvalue weighted by Crippen LogP contribution is -2.44. The Morgan fingerprint density at radius 1 is 1.22 bits per heavy atom. The monoisotopic (exact) mass is 452 g/mol. The van der Waals surface area contributed by atoms with E-state index in [4.69, 9.17) is 9.15 Å². The van der Waals surface area contributed by atoms with Gasteiger partial charge in [-0.05, 0) is 58.0 Å². The molecule has 3 aromatic rings. The number of benzene rings is 1. The van der Waals surface area contributed by atoms with Crippen LogP contribution in [0.1, 0.15) is 39.0 Å². The third-order valence-electron chi connectivity index (χ3n) is 4.33. The standard InChI is InChI=1S/C21H23F3N4O4/c1-12(25-19(30)32-20(2,3)4)17(29)27-18-26-15-10-13(21(22,23)24)7-8-16(15)28(18)11-14-6-5-9-31-14/h5-10,12H,11H2,1-4H3,(H,25,30)(H,26,27,29)/t12-/m1/s1. The molecule has 32 heavy (non-hydrogen) atoms. The minimum absolute atomic E-state index is 0.0126. The molecule has 0 aliphatic carbocycles. The lowest BCUT2D eigenvalue weighted by atomic mass is 10.2. The summed E-state index contributed by atoms with van der Waals surface area (Å²) in [6.07, 6.45) is -3.85. The molecule has 2 amide bonds. The number of fused-ring (bicyclic) bond motifs is 1. The number of nitrogens with one attached hydrogen (secondary N) is 2. The maximum atomic E-state index is 13.1. The topological polar surface area (TPSA) is 98.4 Å². The molecule has 0 unspecified atom stereocenters. The van der Waals surface area contributed by atoms with E-state index in [1.807, 2.05) is 0 Å². The first kappa shape index (κ1) is 23.2. The normalized spacial score (nSPS) is 13.1. The minimum atomic E-state index is -4.53. The average molecular weight is 452 g/mol. The largest absolute Gasteiger partial charge is 0.467 e. The van der Waals surface area contributed by atoms with Crippen molar-refractivity contribution < 1.29 is 31.9 Å². The third-order valence-corrected chi connectivity index (χ3v) is 4.33. The minimum Gasteiger partial charge on any atom is -0.467 e. The third kappa shape index (κ3) is 5.59. The van der Waals surface area contributed by atoms with Crippen molar-refractivity contribution >= 4 is 29.0 Å². The first-order valence-electron chi connectivity index (χ1n) is 9.74. The van der Waals surface area contributed by atoms with Crippen molar-refractivity contribution in [2.75, 3.05) is 5.32 Å². The number of rotatable bonds is 5. The fourth-order valence-corrected chi connectivity index (χ4v) is 2.89. The predicted molar refractivity (Wildman–Crippen MR) is 110 cm³/mol. The average Bonchev–Trinajstić information content (AvgIpc) is 3.27. The van der Waals surface area contributed by atoms with Gasteiger partial charge in [0.25, 0.3) is 0 Å². The van der Waals surface area contributed by atoms with Crippen LogP contribution >= 0.6 is 0 Å². The molecule has 0 bridgehead atoms. The van der Waals surface area contributed by atoms with Crippen LogP contribution in [-0.2, 0) is 22.3 Å². The molecule has 2 N–H and O–H groups in total. The number of anilines is 1. The van der Waals surface area contributed by atoms with Crippen molar-refractivity contribution in [2.45, 2.75) is 52.1 Å². The van der Waals surface area contributed by atoms with Crippen LogP contribution in [-0.4, -0.2) is 33.2 Å². The van der Waals surface area contributed by atoms with Gasteiger partial charge in [-0.3, -0.25) is 10.1 Å². The Hall–Kier alpha value is -3.50. The Labute approximate surface area is 181 Å². The number of aromatic nitrogens is 2. The fraction of sp³-hybridized carbons (Fsp3) is 0.381. The number of amides is 2. The molecular weight excluding hydrogens is 429 g/mol. The van der Waals surface area contributed by atoms with Crippen LogP contribution in [0.25, 0.3) is 11.0 Å². The van der Waals surface area contributed by atoms with E-state index in [0.29, 0.717) is 11.3 Å². The van der Waals surface area contributed by atoms with Gasteiger partial charge in [0.1, 0.15) is 17.4 Å². The lowest BCUT2D eigenvalue weighted by Gasteiger charge is -2.21. The molecule has 0 aliphatic rings. The molecule has 2 heterocycles. The number of nitrogens with zero attached hydrogens (tertiary/aromatic N) is 2. The number of imidazole rings is 1. The number of halogens is 3. The molecule has 0 saturated carbocycles. The van der Waals surface area contributed by atoms with Gasteiger partial charge < -0.3 is 19.0 Å². The van der Waals surface area contributed by atoms with Crippen molar-refractivity contribution in [1.29, 1.82) is 0 Å². The molecule has 1 aromatic carbocycles. The number of hydrogen-bond donors (Lipinski definition) is 2. The molecular formula is C21H23F3N4O4. The van der Waals surface area contributed by atoms with E-state index in [2.05, 4.69) is 15.6 Å². The van der Waals surface area contributed by atoms with Gasteiger partial charge in [0, 0.05) is 0 Å². The number of alkyl halides is 3. The van der Waals surface area contributed by atoms with Crippen LogP contribution in [0.5, 0.6) is 0 Å². The second kappa shape index (κ2) is 8.56. The van der Waals surface area contributed by atoms with Gasteiger partial charge >= 0.3 is 12.3 Å². The number of carbonyl (C=O) groups excluding carboxylic acids is 2. The quantitative estimate of drug-likeness (QED) is 0.592. The zero-order valence-electron chi connectivity index (χ0n) is 17.9. The summed E-state index contributed by atoms with van der Waals surface area (Å²) >= 11 is 0. The number of ether oxygens (including phenoxy) is 1. The number of hydrogen-bond acceptors (Lipinski definition) is 5. The highest BCUT2D eigenvalue weighted by Gasteiger charge is 2.31. The molecule has 0 saturated heterocycles. The maximum Gasteiger partial charge on any atom is 0.416 e. The van der Waals surface area contributed by atoms with E-state index in [9.17, 15) is 22.8 Å². The highest BCUT2D eigenvalue weighted by molar-refractivity contribution is 5.96. The van der Waals surface area contributed by atoms with E-state index < -0.39 is 35.4 Å². The molecule has 2 aromatic heterocycles. The van der Waals surface area contributed by atoms with Crippen LogP contribution in [0, 0.1) is 0 Å². The number of carbonyl (C=O) groups is 2. The summed E-state index contributed by atoms with van der Waals surface area (Å²) in [5.41, 5.74) is -1.18. The summed E-state index contributed by atoms with van der Waals surface area (Å²) in [6.45, 7) is 6.62. The Morgan fingerprint density at radius 2 is 1.94 bits per heavy atom. The molecule has 3 rings (SSSR count). The van der Waals surface area contributed by atoms with Crippen LogP contribution in [0.4, 0.5) is 23.9 Å². The zero-order chi connectivity index (χ0) is 23.7. The predicted octanol–water partition coefficient (Wildman–Crippen LogP) is 4.55. The van der Waals surface area contributed by atoms with Gasteiger partial charge in [-0.2, -0.15) is 13.2 Å². The number of alkyl carbamates (subject to hydrolysis) is 1.